The van der Waals surface area contributed by atoms with E-state index in [1.807, 2.05) is 60.7 Å². The maximum Gasteiger partial charge on any atom is 0.233 e. The van der Waals surface area contributed by atoms with E-state index in [0.717, 1.165) is 16.7 Å². The average Bonchev–Trinajstić information content (AvgIpc) is 3.30. The second-order valence-electron chi connectivity index (χ2n) is 9.91. The first-order chi connectivity index (χ1) is 17.7. The Morgan fingerprint density at radius 1 is 0.919 bits per heavy atom. The van der Waals surface area contributed by atoms with Crippen molar-refractivity contribution in [3.8, 4) is 17.2 Å². The van der Waals surface area contributed by atoms with Crippen LogP contribution >= 0.6 is 0 Å². The molecule has 192 valence electrons. The zero-order valence-electron chi connectivity index (χ0n) is 21.6. The third-order valence-electron chi connectivity index (χ3n) is 8.06. The molecule has 1 amide bonds. The van der Waals surface area contributed by atoms with Crippen LogP contribution < -0.4 is 14.2 Å². The Balaban J connectivity index is 1.89. The van der Waals surface area contributed by atoms with Crippen molar-refractivity contribution >= 4 is 11.7 Å². The number of Topliss-reactive ketones (excluding diaryl/α,β-unsaturated/α-hetero) is 1. The Labute approximate surface area is 216 Å². The van der Waals surface area contributed by atoms with Gasteiger partial charge in [0.05, 0.1) is 21.3 Å². The molecule has 7 nitrogen and oxygen atoms in total. The second-order valence-corrected chi connectivity index (χ2v) is 9.91. The van der Waals surface area contributed by atoms with Crippen LogP contribution in [-0.2, 0) is 27.0 Å². The third-order valence-corrected chi connectivity index (χ3v) is 8.06. The molecular formula is C30H31NO6. The fourth-order valence-electron chi connectivity index (χ4n) is 6.51. The van der Waals surface area contributed by atoms with Gasteiger partial charge in [0.15, 0.2) is 11.4 Å². The molecule has 5 rings (SSSR count). The summed E-state index contributed by atoms with van der Waals surface area (Å²) in [6.45, 7) is 0. The van der Waals surface area contributed by atoms with E-state index in [-0.39, 0.29) is 5.91 Å². The maximum atomic E-state index is 14.5. The van der Waals surface area contributed by atoms with E-state index in [9.17, 15) is 14.7 Å². The highest BCUT2D eigenvalue weighted by Gasteiger charge is 2.75. The lowest BCUT2D eigenvalue weighted by molar-refractivity contribution is -0.146. The molecule has 0 bridgehead atoms. The van der Waals surface area contributed by atoms with Crippen LogP contribution in [0.1, 0.15) is 28.2 Å². The van der Waals surface area contributed by atoms with Crippen molar-refractivity contribution in [3.05, 3.63) is 89.0 Å². The topological polar surface area (TPSA) is 85.3 Å². The highest BCUT2D eigenvalue weighted by molar-refractivity contribution is 6.11. The minimum atomic E-state index is -2.02. The third kappa shape index (κ3) is 3.30. The summed E-state index contributed by atoms with van der Waals surface area (Å²) >= 11 is 0. The second kappa shape index (κ2) is 8.92. The molecule has 3 aromatic carbocycles. The molecule has 0 saturated heterocycles. The zero-order chi connectivity index (χ0) is 26.5. The molecule has 4 atom stereocenters. The van der Waals surface area contributed by atoms with Gasteiger partial charge in [-0.25, -0.2) is 0 Å². The molecule has 1 N–H and O–H groups in total. The van der Waals surface area contributed by atoms with Crippen LogP contribution in [0.3, 0.4) is 0 Å². The number of methoxy groups -OCH3 is 3. The summed E-state index contributed by atoms with van der Waals surface area (Å²) in [4.78, 5) is 29.6. The highest BCUT2D eigenvalue weighted by atomic mass is 16.5. The number of carbonyl (C=O) groups is 2. The van der Waals surface area contributed by atoms with E-state index in [2.05, 4.69) is 0 Å². The lowest BCUT2D eigenvalue weighted by Crippen LogP contribution is -2.48. The van der Waals surface area contributed by atoms with E-state index in [1.54, 1.807) is 34.4 Å². The lowest BCUT2D eigenvalue weighted by atomic mass is 9.62. The van der Waals surface area contributed by atoms with Gasteiger partial charge in [-0.2, -0.15) is 0 Å². The van der Waals surface area contributed by atoms with Crippen molar-refractivity contribution in [1.82, 2.24) is 4.90 Å². The van der Waals surface area contributed by atoms with E-state index >= 15 is 0 Å². The molecule has 3 aromatic rings. The number of ether oxygens (including phenoxy) is 3. The zero-order valence-corrected chi connectivity index (χ0v) is 21.6. The number of ketones is 1. The van der Waals surface area contributed by atoms with Gasteiger partial charge in [-0.1, -0.05) is 42.5 Å². The molecule has 7 heteroatoms. The molecule has 0 aliphatic heterocycles. The number of nitrogens with zero attached hydrogens (tertiary/aromatic N) is 1. The first-order valence-electron chi connectivity index (χ1n) is 12.2. The highest BCUT2D eigenvalue weighted by Crippen LogP contribution is 2.68. The smallest absolute Gasteiger partial charge is 0.233 e. The Morgan fingerprint density at radius 3 is 2.14 bits per heavy atom. The van der Waals surface area contributed by atoms with Crippen molar-refractivity contribution in [3.63, 3.8) is 0 Å². The standard InChI is InChI=1S/C30H31NO6/c1-31(2)28(33)24-26(18-9-7-6-8-10-18)29(20-11-13-21(35-3)14-12-20)17-19-15-22(36-4)16-23(37-5)25(19)30(29,34)27(24)32/h6-16,24,26,34H,17H2,1-5H3/t24-,26-,29-,30+/m1/s1. The average molecular weight is 502 g/mol. The molecule has 0 radical (unpaired) electrons. The number of rotatable bonds is 6. The predicted molar refractivity (Wildman–Crippen MR) is 138 cm³/mol. The monoisotopic (exact) mass is 501 g/mol. The maximum absolute atomic E-state index is 14.5. The minimum absolute atomic E-state index is 0.307. The van der Waals surface area contributed by atoms with Crippen LogP contribution in [0.4, 0.5) is 0 Å². The molecule has 2 aliphatic carbocycles. The van der Waals surface area contributed by atoms with Crippen LogP contribution in [0.5, 0.6) is 17.2 Å². The number of benzene rings is 3. The molecular weight excluding hydrogens is 470 g/mol. The molecule has 0 aromatic heterocycles. The summed E-state index contributed by atoms with van der Waals surface area (Å²) < 4.78 is 16.6. The SMILES string of the molecule is COc1ccc([C@@]23Cc4cc(OC)cc(OC)c4[C@]2(O)C(=O)[C@H](C(=O)N(C)C)[C@H]3c2ccccc2)cc1. The number of aliphatic hydroxyl groups is 1. The van der Waals surface area contributed by atoms with E-state index in [4.69, 9.17) is 14.2 Å². The van der Waals surface area contributed by atoms with Gasteiger partial charge in [0.1, 0.15) is 23.2 Å². The molecule has 2 aliphatic rings. The normalized spacial score (nSPS) is 25.8. The fraction of sp³-hybridized carbons (Fsp3) is 0.333. The summed E-state index contributed by atoms with van der Waals surface area (Å²) in [6, 6.07) is 20.4. The summed E-state index contributed by atoms with van der Waals surface area (Å²) in [5.41, 5.74) is -0.515. The molecule has 0 heterocycles. The molecule has 0 spiro atoms. The first-order valence-corrected chi connectivity index (χ1v) is 12.2. The Bertz CT molecular complexity index is 1350. The fourth-order valence-corrected chi connectivity index (χ4v) is 6.51. The van der Waals surface area contributed by atoms with Crippen molar-refractivity contribution in [1.29, 1.82) is 0 Å². The van der Waals surface area contributed by atoms with Gasteiger partial charge >= 0.3 is 0 Å². The number of amides is 1. The largest absolute Gasteiger partial charge is 0.497 e. The first kappa shape index (κ1) is 24.8. The predicted octanol–water partition coefficient (Wildman–Crippen LogP) is 3.47. The van der Waals surface area contributed by atoms with Crippen LogP contribution in [0.15, 0.2) is 66.7 Å². The van der Waals surface area contributed by atoms with Gasteiger partial charge in [-0.15, -0.1) is 0 Å². The summed E-state index contributed by atoms with van der Waals surface area (Å²) in [5.74, 6) is -1.04. The number of hydrogen-bond acceptors (Lipinski definition) is 6. The van der Waals surface area contributed by atoms with Crippen molar-refractivity contribution in [2.45, 2.75) is 23.4 Å². The van der Waals surface area contributed by atoms with Crippen LogP contribution in [0.2, 0.25) is 0 Å². The lowest BCUT2D eigenvalue weighted by Gasteiger charge is -2.41. The molecule has 37 heavy (non-hydrogen) atoms. The Morgan fingerprint density at radius 2 is 1.57 bits per heavy atom. The number of fused-ring (bicyclic) bond motifs is 3. The van der Waals surface area contributed by atoms with E-state index in [0.29, 0.717) is 29.2 Å². The van der Waals surface area contributed by atoms with Gasteiger partial charge in [-0.3, -0.25) is 9.59 Å². The van der Waals surface area contributed by atoms with Crippen molar-refractivity contribution in [2.75, 3.05) is 35.4 Å². The summed E-state index contributed by atoms with van der Waals surface area (Å²) in [6.07, 6.45) is 0.307. The van der Waals surface area contributed by atoms with Crippen molar-refractivity contribution in [2.24, 2.45) is 5.92 Å². The van der Waals surface area contributed by atoms with Crippen LogP contribution in [0.25, 0.3) is 0 Å². The molecule has 0 unspecified atom stereocenters. The molecule has 1 saturated carbocycles. The van der Waals surface area contributed by atoms with Crippen LogP contribution in [-0.4, -0.2) is 57.1 Å². The van der Waals surface area contributed by atoms with Crippen molar-refractivity contribution < 1.29 is 28.9 Å². The number of carbonyl (C=O) groups excluding carboxylic acids is 2. The van der Waals surface area contributed by atoms with E-state index < -0.39 is 28.6 Å². The Kier molecular flexibility index (Phi) is 5.99. The van der Waals surface area contributed by atoms with Crippen LogP contribution in [0, 0.1) is 5.92 Å². The van der Waals surface area contributed by atoms with Gasteiger partial charge < -0.3 is 24.2 Å². The Hall–Kier alpha value is -3.84. The van der Waals surface area contributed by atoms with E-state index in [1.165, 1.54) is 12.0 Å². The summed E-state index contributed by atoms with van der Waals surface area (Å²) in [5, 5.41) is 12.8. The van der Waals surface area contributed by atoms with Gasteiger partial charge in [0.2, 0.25) is 5.91 Å². The molecule has 1 fully saturated rings. The number of hydrogen-bond donors (Lipinski definition) is 1. The van der Waals surface area contributed by atoms with Gasteiger partial charge in [-0.05, 0) is 41.3 Å². The summed E-state index contributed by atoms with van der Waals surface area (Å²) in [7, 11) is 7.92. The minimum Gasteiger partial charge on any atom is -0.497 e. The van der Waals surface area contributed by atoms with Gasteiger partial charge in [0.25, 0.3) is 0 Å². The van der Waals surface area contributed by atoms with Gasteiger partial charge in [0, 0.05) is 37.1 Å². The quantitative estimate of drug-likeness (QED) is 0.521.